The van der Waals surface area contributed by atoms with Crippen LogP contribution in [0.1, 0.15) is 5.56 Å². The Morgan fingerprint density at radius 2 is 2.05 bits per heavy atom. The van der Waals surface area contributed by atoms with Crippen molar-refractivity contribution < 1.29 is 14.6 Å². The van der Waals surface area contributed by atoms with Crippen LogP contribution in [-0.2, 0) is 4.79 Å². The van der Waals surface area contributed by atoms with Gasteiger partial charge in [-0.1, -0.05) is 29.8 Å². The first-order chi connectivity index (χ1) is 9.65. The summed E-state index contributed by atoms with van der Waals surface area (Å²) in [5.41, 5.74) is 3.36. The van der Waals surface area contributed by atoms with Crippen LogP contribution < -0.4 is 15.2 Å². The molecule has 1 fully saturated rings. The number of nitrogens with one attached hydrogen (secondary N) is 3. The van der Waals surface area contributed by atoms with Gasteiger partial charge in [-0.3, -0.25) is 4.79 Å². The number of carbonyl (C=O) groups excluding carboxylic acids is 1. The molecule has 0 aliphatic carbocycles. The predicted octanol–water partition coefficient (Wildman–Crippen LogP) is -1.80. The number of likely N-dealkylation sites (N-methyl/N-ethyl adjacent to an activating group) is 1. The Morgan fingerprint density at radius 1 is 1.35 bits per heavy atom. The molecule has 1 aromatic rings. The zero-order valence-corrected chi connectivity index (χ0v) is 12.4. The maximum absolute atomic E-state index is 11.8. The highest BCUT2D eigenvalue weighted by atomic mass is 35.5. The SMILES string of the molecule is C[NH+]1CC[NH+](CC(=O)NN=Cc2ccccc2Cl)CC1. The van der Waals surface area contributed by atoms with Crippen LogP contribution in [0.3, 0.4) is 0 Å². The molecule has 1 aromatic carbocycles. The molecule has 0 bridgehead atoms. The highest BCUT2D eigenvalue weighted by Gasteiger charge is 2.21. The van der Waals surface area contributed by atoms with Crippen LogP contribution in [0.5, 0.6) is 0 Å². The molecule has 6 heteroatoms. The molecular weight excluding hydrogens is 276 g/mol. The first-order valence-electron chi connectivity index (χ1n) is 6.86. The van der Waals surface area contributed by atoms with Crippen molar-refractivity contribution in [3.63, 3.8) is 0 Å². The summed E-state index contributed by atoms with van der Waals surface area (Å²) in [6.45, 7) is 4.78. The van der Waals surface area contributed by atoms with Gasteiger partial charge in [0.2, 0.25) is 0 Å². The van der Waals surface area contributed by atoms with E-state index in [2.05, 4.69) is 17.6 Å². The lowest BCUT2D eigenvalue weighted by atomic mass is 10.2. The zero-order chi connectivity index (χ0) is 14.4. The van der Waals surface area contributed by atoms with Crippen molar-refractivity contribution in [2.75, 3.05) is 39.8 Å². The monoisotopic (exact) mass is 296 g/mol. The van der Waals surface area contributed by atoms with E-state index in [0.29, 0.717) is 11.6 Å². The Hall–Kier alpha value is -1.43. The molecule has 0 aromatic heterocycles. The number of benzene rings is 1. The summed E-state index contributed by atoms with van der Waals surface area (Å²) >= 11 is 6.00. The van der Waals surface area contributed by atoms with Gasteiger partial charge in [0.05, 0.1) is 13.3 Å². The molecule has 0 atom stereocenters. The molecule has 0 unspecified atom stereocenters. The van der Waals surface area contributed by atoms with Gasteiger partial charge in [0.1, 0.15) is 26.2 Å². The lowest BCUT2D eigenvalue weighted by Gasteiger charge is -2.26. The van der Waals surface area contributed by atoms with Gasteiger partial charge in [-0.05, 0) is 6.07 Å². The third-order valence-electron chi connectivity index (χ3n) is 3.52. The Morgan fingerprint density at radius 3 is 2.75 bits per heavy atom. The Balaban J connectivity index is 1.76. The molecule has 0 spiro atoms. The first-order valence-corrected chi connectivity index (χ1v) is 7.24. The number of carbonyl (C=O) groups is 1. The standard InChI is InChI=1S/C14H19ClN4O/c1-18-6-8-19(9-7-18)11-14(20)17-16-10-12-4-2-3-5-13(12)15/h2-5,10H,6-9,11H2,1H3,(H,17,20)/p+2. The molecule has 1 aliphatic rings. The highest BCUT2D eigenvalue weighted by molar-refractivity contribution is 6.33. The third kappa shape index (κ3) is 4.59. The van der Waals surface area contributed by atoms with Crippen molar-refractivity contribution >= 4 is 23.7 Å². The van der Waals surface area contributed by atoms with Gasteiger partial charge in [-0.15, -0.1) is 0 Å². The summed E-state index contributed by atoms with van der Waals surface area (Å²) < 4.78 is 0. The second-order valence-corrected chi connectivity index (χ2v) is 5.61. The van der Waals surface area contributed by atoms with E-state index in [4.69, 9.17) is 11.6 Å². The van der Waals surface area contributed by atoms with E-state index in [0.717, 1.165) is 31.7 Å². The Bertz CT molecular complexity index is 484. The number of quaternary nitrogens is 2. The molecule has 0 saturated carbocycles. The summed E-state index contributed by atoms with van der Waals surface area (Å²) in [5.74, 6) is -0.0529. The van der Waals surface area contributed by atoms with Gasteiger partial charge in [0, 0.05) is 10.6 Å². The number of rotatable bonds is 4. The lowest BCUT2D eigenvalue weighted by molar-refractivity contribution is -1.000. The minimum absolute atomic E-state index is 0.0529. The molecule has 3 N–H and O–H groups in total. The van der Waals surface area contributed by atoms with E-state index >= 15 is 0 Å². The van der Waals surface area contributed by atoms with Crippen LogP contribution >= 0.6 is 11.6 Å². The fourth-order valence-corrected chi connectivity index (χ4v) is 2.41. The molecular formula is C14H21ClN4O+2. The minimum atomic E-state index is -0.0529. The third-order valence-corrected chi connectivity index (χ3v) is 3.86. The molecule has 1 heterocycles. The van der Waals surface area contributed by atoms with Crippen LogP contribution in [0.2, 0.25) is 5.02 Å². The summed E-state index contributed by atoms with van der Waals surface area (Å²) in [4.78, 5) is 14.6. The number of hydrazone groups is 1. The van der Waals surface area contributed by atoms with Crippen molar-refractivity contribution in [1.29, 1.82) is 0 Å². The van der Waals surface area contributed by atoms with Crippen molar-refractivity contribution in [3.05, 3.63) is 34.9 Å². The predicted molar refractivity (Wildman–Crippen MR) is 79.4 cm³/mol. The second kappa shape index (κ2) is 7.38. The van der Waals surface area contributed by atoms with Gasteiger partial charge >= 0.3 is 0 Å². The summed E-state index contributed by atoms with van der Waals surface area (Å²) in [6.07, 6.45) is 1.57. The lowest BCUT2D eigenvalue weighted by Crippen LogP contribution is -3.27. The Labute approximate surface area is 124 Å². The number of halogens is 1. The van der Waals surface area contributed by atoms with Crippen LogP contribution in [0.15, 0.2) is 29.4 Å². The summed E-state index contributed by atoms with van der Waals surface area (Å²) in [7, 11) is 2.19. The number of nitrogens with zero attached hydrogens (tertiary/aromatic N) is 1. The van der Waals surface area contributed by atoms with E-state index in [-0.39, 0.29) is 5.91 Å². The molecule has 1 amide bonds. The van der Waals surface area contributed by atoms with Gasteiger partial charge < -0.3 is 9.80 Å². The largest absolute Gasteiger partial charge is 0.328 e. The van der Waals surface area contributed by atoms with E-state index in [1.807, 2.05) is 18.2 Å². The Kier molecular flexibility index (Phi) is 5.52. The summed E-state index contributed by atoms with van der Waals surface area (Å²) in [6, 6.07) is 7.39. The van der Waals surface area contributed by atoms with Gasteiger partial charge in [0.25, 0.3) is 5.91 Å². The zero-order valence-electron chi connectivity index (χ0n) is 11.7. The smallest absolute Gasteiger partial charge is 0.295 e. The normalized spacial score (nSPS) is 22.9. The molecule has 1 saturated heterocycles. The fraction of sp³-hybridized carbons (Fsp3) is 0.429. The number of hydrogen-bond acceptors (Lipinski definition) is 2. The molecule has 0 radical (unpaired) electrons. The average molecular weight is 297 g/mol. The van der Waals surface area contributed by atoms with E-state index in [1.54, 1.807) is 12.3 Å². The van der Waals surface area contributed by atoms with Crippen LogP contribution in [0, 0.1) is 0 Å². The number of piperazine rings is 1. The van der Waals surface area contributed by atoms with Crippen molar-refractivity contribution in [2.45, 2.75) is 0 Å². The van der Waals surface area contributed by atoms with Crippen LogP contribution in [0.4, 0.5) is 0 Å². The molecule has 5 nitrogen and oxygen atoms in total. The molecule has 20 heavy (non-hydrogen) atoms. The highest BCUT2D eigenvalue weighted by Crippen LogP contribution is 2.11. The van der Waals surface area contributed by atoms with E-state index in [9.17, 15) is 4.79 Å². The van der Waals surface area contributed by atoms with Crippen LogP contribution in [-0.4, -0.2) is 51.9 Å². The van der Waals surface area contributed by atoms with E-state index < -0.39 is 0 Å². The topological polar surface area (TPSA) is 50.3 Å². The van der Waals surface area contributed by atoms with Crippen molar-refractivity contribution in [1.82, 2.24) is 5.43 Å². The molecule has 1 aliphatic heterocycles. The maximum Gasteiger partial charge on any atom is 0.295 e. The second-order valence-electron chi connectivity index (χ2n) is 5.20. The van der Waals surface area contributed by atoms with Crippen molar-refractivity contribution in [2.24, 2.45) is 5.10 Å². The summed E-state index contributed by atoms with van der Waals surface area (Å²) in [5, 5.41) is 4.58. The number of amides is 1. The molecule has 108 valence electrons. The van der Waals surface area contributed by atoms with Gasteiger partial charge in [-0.2, -0.15) is 5.10 Å². The van der Waals surface area contributed by atoms with E-state index in [1.165, 1.54) is 9.80 Å². The van der Waals surface area contributed by atoms with Gasteiger partial charge in [0.15, 0.2) is 6.54 Å². The quantitative estimate of drug-likeness (QED) is 0.446. The molecule has 2 rings (SSSR count). The fourth-order valence-electron chi connectivity index (χ4n) is 2.23. The van der Waals surface area contributed by atoms with Crippen LogP contribution in [0.25, 0.3) is 0 Å². The first kappa shape index (κ1) is 15.0. The average Bonchev–Trinajstić information content (AvgIpc) is 2.43. The van der Waals surface area contributed by atoms with Gasteiger partial charge in [-0.25, -0.2) is 5.43 Å². The number of hydrogen-bond donors (Lipinski definition) is 3. The maximum atomic E-state index is 11.8. The van der Waals surface area contributed by atoms with Crippen molar-refractivity contribution in [3.8, 4) is 0 Å². The minimum Gasteiger partial charge on any atom is -0.328 e.